The average Bonchev–Trinajstić information content (AvgIpc) is 3.44. The molecule has 172 valence electrons. The van der Waals surface area contributed by atoms with Crippen LogP contribution in [0.2, 0.25) is 0 Å². The molecule has 0 bridgehead atoms. The van der Waals surface area contributed by atoms with Crippen molar-refractivity contribution < 1.29 is 14.3 Å². The summed E-state index contributed by atoms with van der Waals surface area (Å²) in [5.41, 5.74) is 3.40. The number of rotatable bonds is 4. The highest BCUT2D eigenvalue weighted by Gasteiger charge is 2.30. The van der Waals surface area contributed by atoms with Gasteiger partial charge >= 0.3 is 0 Å². The highest BCUT2D eigenvalue weighted by molar-refractivity contribution is 5.95. The molecule has 5 rings (SSSR count). The van der Waals surface area contributed by atoms with Gasteiger partial charge in [-0.2, -0.15) is 0 Å². The van der Waals surface area contributed by atoms with Crippen molar-refractivity contribution >= 4 is 22.7 Å². The van der Waals surface area contributed by atoms with Gasteiger partial charge in [-0.15, -0.1) is 0 Å². The van der Waals surface area contributed by atoms with Gasteiger partial charge in [-0.3, -0.25) is 9.59 Å². The van der Waals surface area contributed by atoms with Crippen molar-refractivity contribution in [2.45, 2.75) is 32.7 Å². The van der Waals surface area contributed by atoms with E-state index in [0.29, 0.717) is 63.0 Å². The Kier molecular flexibility index (Phi) is 5.85. The number of fused-ring (bicyclic) bond motifs is 1. The smallest absolute Gasteiger partial charge is 0.257 e. The normalized spacial score (nSPS) is 18.8. The number of para-hydroxylation sites is 1. The van der Waals surface area contributed by atoms with Crippen molar-refractivity contribution in [1.82, 2.24) is 24.3 Å². The van der Waals surface area contributed by atoms with Crippen LogP contribution in [0.15, 0.2) is 36.5 Å². The number of nitrogens with zero attached hydrogens (tertiary/aromatic N) is 5. The standard InChI is InChI=1S/C25H29N5O3/c1-17-13-19-5-3-4-6-22(19)30(17)16-23(31)29-8-7-20(15-29)24-26-14-21(18(2)27-24)25(32)28-9-11-33-12-10-28/h3-6,13-14,20H,7-12,15-16H2,1-2H3/t20-/m1/s1. The van der Waals surface area contributed by atoms with E-state index in [-0.39, 0.29) is 17.7 Å². The number of benzene rings is 1. The van der Waals surface area contributed by atoms with E-state index < -0.39 is 0 Å². The van der Waals surface area contributed by atoms with Gasteiger partial charge in [0.15, 0.2) is 0 Å². The highest BCUT2D eigenvalue weighted by Crippen LogP contribution is 2.26. The first kappa shape index (κ1) is 21.6. The molecule has 2 aliphatic heterocycles. The minimum absolute atomic E-state index is 0.0418. The van der Waals surface area contributed by atoms with E-state index in [1.807, 2.05) is 30.9 Å². The summed E-state index contributed by atoms with van der Waals surface area (Å²) in [5.74, 6) is 0.865. The zero-order valence-electron chi connectivity index (χ0n) is 19.2. The van der Waals surface area contributed by atoms with E-state index in [4.69, 9.17) is 4.74 Å². The van der Waals surface area contributed by atoms with Crippen LogP contribution < -0.4 is 0 Å². The van der Waals surface area contributed by atoms with Crippen molar-refractivity contribution in [1.29, 1.82) is 0 Å². The average molecular weight is 448 g/mol. The lowest BCUT2D eigenvalue weighted by atomic mass is 10.1. The maximum absolute atomic E-state index is 13.1. The van der Waals surface area contributed by atoms with Crippen LogP contribution in [0.5, 0.6) is 0 Å². The number of aryl methyl sites for hydroxylation is 2. The zero-order valence-corrected chi connectivity index (χ0v) is 19.2. The Morgan fingerprint density at radius 2 is 1.88 bits per heavy atom. The Morgan fingerprint density at radius 3 is 2.67 bits per heavy atom. The van der Waals surface area contributed by atoms with Crippen molar-refractivity contribution in [3.63, 3.8) is 0 Å². The van der Waals surface area contributed by atoms with Gasteiger partial charge in [0.25, 0.3) is 5.91 Å². The molecule has 2 amide bonds. The van der Waals surface area contributed by atoms with E-state index in [9.17, 15) is 9.59 Å². The summed E-state index contributed by atoms with van der Waals surface area (Å²) in [6.07, 6.45) is 2.47. The van der Waals surface area contributed by atoms with Crippen LogP contribution in [0.25, 0.3) is 10.9 Å². The van der Waals surface area contributed by atoms with Gasteiger partial charge in [0.05, 0.1) is 24.5 Å². The van der Waals surface area contributed by atoms with Crippen LogP contribution in [0.1, 0.15) is 39.9 Å². The van der Waals surface area contributed by atoms with E-state index >= 15 is 0 Å². The number of carbonyl (C=O) groups is 2. The van der Waals surface area contributed by atoms with Gasteiger partial charge in [0.1, 0.15) is 12.4 Å². The molecule has 33 heavy (non-hydrogen) atoms. The zero-order chi connectivity index (χ0) is 22.9. The molecule has 2 saturated heterocycles. The molecular formula is C25H29N5O3. The fraction of sp³-hybridized carbons (Fsp3) is 0.440. The third-order valence-electron chi connectivity index (χ3n) is 6.74. The lowest BCUT2D eigenvalue weighted by Gasteiger charge is -2.27. The SMILES string of the molecule is Cc1nc([C@@H]2CCN(C(=O)Cn3c(C)cc4ccccc43)C2)ncc1C(=O)N1CCOCC1. The Labute approximate surface area is 193 Å². The summed E-state index contributed by atoms with van der Waals surface area (Å²) in [6.45, 7) is 7.84. The van der Waals surface area contributed by atoms with Crippen molar-refractivity contribution in [3.8, 4) is 0 Å². The molecule has 0 unspecified atom stereocenters. The van der Waals surface area contributed by atoms with E-state index in [1.165, 1.54) is 0 Å². The van der Waals surface area contributed by atoms with Crippen molar-refractivity contribution in [2.75, 3.05) is 39.4 Å². The number of likely N-dealkylation sites (tertiary alicyclic amines) is 1. The molecule has 2 aromatic heterocycles. The molecule has 0 spiro atoms. The van der Waals surface area contributed by atoms with Gasteiger partial charge in [0.2, 0.25) is 5.91 Å². The second kappa shape index (κ2) is 8.94. The quantitative estimate of drug-likeness (QED) is 0.614. The molecule has 0 saturated carbocycles. The summed E-state index contributed by atoms with van der Waals surface area (Å²) >= 11 is 0. The molecule has 2 fully saturated rings. The van der Waals surface area contributed by atoms with Gasteiger partial charge in [-0.1, -0.05) is 18.2 Å². The van der Waals surface area contributed by atoms with E-state index in [1.54, 1.807) is 11.1 Å². The van der Waals surface area contributed by atoms with E-state index in [2.05, 4.69) is 32.7 Å². The Balaban J connectivity index is 1.26. The molecule has 3 aromatic rings. The summed E-state index contributed by atoms with van der Waals surface area (Å²) in [6, 6.07) is 10.3. The maximum Gasteiger partial charge on any atom is 0.257 e. The predicted octanol–water partition coefficient (Wildman–Crippen LogP) is 2.54. The number of morpholine rings is 1. The number of amides is 2. The van der Waals surface area contributed by atoms with Crippen LogP contribution in [-0.2, 0) is 16.1 Å². The molecule has 0 radical (unpaired) electrons. The first-order chi connectivity index (χ1) is 16.0. The highest BCUT2D eigenvalue weighted by atomic mass is 16.5. The fourth-order valence-electron chi connectivity index (χ4n) is 4.82. The first-order valence-electron chi connectivity index (χ1n) is 11.5. The summed E-state index contributed by atoms with van der Waals surface area (Å²) in [5, 5.41) is 1.15. The fourth-order valence-corrected chi connectivity index (χ4v) is 4.82. The third-order valence-corrected chi connectivity index (χ3v) is 6.74. The lowest BCUT2D eigenvalue weighted by Crippen LogP contribution is -2.41. The largest absolute Gasteiger partial charge is 0.378 e. The van der Waals surface area contributed by atoms with Gasteiger partial charge in [-0.25, -0.2) is 9.97 Å². The molecule has 0 aliphatic carbocycles. The van der Waals surface area contributed by atoms with Gasteiger partial charge < -0.3 is 19.1 Å². The Hall–Kier alpha value is -3.26. The molecule has 4 heterocycles. The van der Waals surface area contributed by atoms with Crippen LogP contribution in [-0.4, -0.2) is 75.5 Å². The Morgan fingerprint density at radius 1 is 1.09 bits per heavy atom. The minimum Gasteiger partial charge on any atom is -0.378 e. The number of carbonyl (C=O) groups excluding carboxylic acids is 2. The van der Waals surface area contributed by atoms with Gasteiger partial charge in [0, 0.05) is 49.5 Å². The Bertz CT molecular complexity index is 1200. The lowest BCUT2D eigenvalue weighted by molar-refractivity contribution is -0.130. The van der Waals surface area contributed by atoms with Crippen LogP contribution in [0.4, 0.5) is 0 Å². The van der Waals surface area contributed by atoms with Crippen LogP contribution >= 0.6 is 0 Å². The second-order valence-electron chi connectivity index (χ2n) is 8.89. The summed E-state index contributed by atoms with van der Waals surface area (Å²) in [4.78, 5) is 38.8. The summed E-state index contributed by atoms with van der Waals surface area (Å²) in [7, 11) is 0. The maximum atomic E-state index is 13.1. The number of ether oxygens (including phenoxy) is 1. The molecule has 2 aliphatic rings. The minimum atomic E-state index is -0.0418. The number of hydrogen-bond acceptors (Lipinski definition) is 5. The topological polar surface area (TPSA) is 80.6 Å². The van der Waals surface area contributed by atoms with Crippen molar-refractivity contribution in [2.24, 2.45) is 0 Å². The van der Waals surface area contributed by atoms with Crippen molar-refractivity contribution in [3.05, 3.63) is 59.3 Å². The van der Waals surface area contributed by atoms with E-state index in [0.717, 1.165) is 23.0 Å². The first-order valence-corrected chi connectivity index (χ1v) is 11.5. The molecule has 0 N–H and O–H groups in total. The van der Waals surface area contributed by atoms with Crippen LogP contribution in [0.3, 0.4) is 0 Å². The monoisotopic (exact) mass is 447 g/mol. The van der Waals surface area contributed by atoms with Crippen LogP contribution in [0, 0.1) is 13.8 Å². The molecule has 1 atom stereocenters. The summed E-state index contributed by atoms with van der Waals surface area (Å²) < 4.78 is 7.41. The molecular weight excluding hydrogens is 418 g/mol. The second-order valence-corrected chi connectivity index (χ2v) is 8.89. The van der Waals surface area contributed by atoms with Gasteiger partial charge in [-0.05, 0) is 37.8 Å². The molecule has 1 aromatic carbocycles. The molecule has 8 nitrogen and oxygen atoms in total. The third kappa shape index (κ3) is 4.23. The number of aromatic nitrogens is 3. The molecule has 8 heteroatoms. The number of hydrogen-bond donors (Lipinski definition) is 0. The predicted molar refractivity (Wildman–Crippen MR) is 124 cm³/mol.